The fraction of sp³-hybridized carbons (Fsp3) is 0.538. The predicted octanol–water partition coefficient (Wildman–Crippen LogP) is 2.87. The molecule has 0 bridgehead atoms. The van der Waals surface area contributed by atoms with E-state index in [2.05, 4.69) is 5.32 Å². The first-order chi connectivity index (χ1) is 8.22. The quantitative estimate of drug-likeness (QED) is 0.709. The second-order valence-electron chi connectivity index (χ2n) is 4.01. The number of ether oxygens (including phenoxy) is 1. The van der Waals surface area contributed by atoms with Crippen molar-refractivity contribution in [3.05, 3.63) is 35.4 Å². The molecule has 1 rings (SSSR count). The lowest BCUT2D eigenvalue weighted by atomic mass is 10.2. The maximum absolute atomic E-state index is 12.9. The molecule has 1 aromatic carbocycles. The van der Waals surface area contributed by atoms with Crippen LogP contribution in [0.5, 0.6) is 0 Å². The van der Waals surface area contributed by atoms with Crippen molar-refractivity contribution in [2.45, 2.75) is 25.8 Å². The molecule has 1 aromatic rings. The van der Waals surface area contributed by atoms with Gasteiger partial charge in [0.25, 0.3) is 0 Å². The molecule has 0 saturated heterocycles. The zero-order chi connectivity index (χ0) is 12.5. The summed E-state index contributed by atoms with van der Waals surface area (Å²) in [6.45, 7) is 2.13. The molecule has 1 N–H and O–H groups in total. The standard InChI is InChI=1S/C13H19F2NO/c1-17-6-4-2-3-5-16-10-11-7-12(14)9-13(15)8-11/h7-9,16H,2-6,10H2,1H3. The van der Waals surface area contributed by atoms with E-state index < -0.39 is 11.6 Å². The number of unbranched alkanes of at least 4 members (excludes halogenated alkanes) is 2. The molecule has 0 aliphatic rings. The summed E-state index contributed by atoms with van der Waals surface area (Å²) in [5, 5.41) is 3.16. The third kappa shape index (κ3) is 6.34. The Kier molecular flexibility index (Phi) is 6.74. The fourth-order valence-electron chi connectivity index (χ4n) is 1.62. The number of rotatable bonds is 8. The van der Waals surface area contributed by atoms with Gasteiger partial charge in [-0.2, -0.15) is 0 Å². The number of hydrogen-bond acceptors (Lipinski definition) is 2. The lowest BCUT2D eigenvalue weighted by Gasteiger charge is -2.05. The molecule has 0 aromatic heterocycles. The third-order valence-corrected chi connectivity index (χ3v) is 2.45. The summed E-state index contributed by atoms with van der Waals surface area (Å²) < 4.78 is 30.7. The second-order valence-corrected chi connectivity index (χ2v) is 4.01. The van der Waals surface area contributed by atoms with E-state index in [1.165, 1.54) is 12.1 Å². The summed E-state index contributed by atoms with van der Waals surface area (Å²) in [4.78, 5) is 0. The van der Waals surface area contributed by atoms with Crippen molar-refractivity contribution in [3.8, 4) is 0 Å². The van der Waals surface area contributed by atoms with Crippen LogP contribution in [-0.2, 0) is 11.3 Å². The maximum atomic E-state index is 12.9. The van der Waals surface area contributed by atoms with E-state index in [4.69, 9.17) is 4.74 Å². The summed E-state index contributed by atoms with van der Waals surface area (Å²) in [6.07, 6.45) is 3.19. The summed E-state index contributed by atoms with van der Waals surface area (Å²) in [6, 6.07) is 3.58. The molecule has 0 atom stereocenters. The van der Waals surface area contributed by atoms with Crippen LogP contribution in [0.1, 0.15) is 24.8 Å². The average molecular weight is 243 g/mol. The molecule has 0 aliphatic heterocycles. The minimum absolute atomic E-state index is 0.499. The minimum atomic E-state index is -0.526. The molecule has 0 spiro atoms. The van der Waals surface area contributed by atoms with Gasteiger partial charge in [0.15, 0.2) is 0 Å². The van der Waals surface area contributed by atoms with Gasteiger partial charge in [-0.25, -0.2) is 8.78 Å². The topological polar surface area (TPSA) is 21.3 Å². The molecule has 17 heavy (non-hydrogen) atoms. The molecule has 0 radical (unpaired) electrons. The van der Waals surface area contributed by atoms with Crippen molar-refractivity contribution in [3.63, 3.8) is 0 Å². The van der Waals surface area contributed by atoms with Crippen LogP contribution in [0.3, 0.4) is 0 Å². The van der Waals surface area contributed by atoms with Gasteiger partial charge in [0.1, 0.15) is 11.6 Å². The van der Waals surface area contributed by atoms with Gasteiger partial charge in [-0.05, 0) is 43.5 Å². The lowest BCUT2D eigenvalue weighted by molar-refractivity contribution is 0.192. The summed E-state index contributed by atoms with van der Waals surface area (Å²) in [5.74, 6) is -1.05. The highest BCUT2D eigenvalue weighted by Gasteiger charge is 1.99. The molecular weight excluding hydrogens is 224 g/mol. The van der Waals surface area contributed by atoms with Gasteiger partial charge < -0.3 is 10.1 Å². The highest BCUT2D eigenvalue weighted by Crippen LogP contribution is 2.07. The van der Waals surface area contributed by atoms with Crippen LogP contribution < -0.4 is 5.32 Å². The van der Waals surface area contributed by atoms with Gasteiger partial charge in [-0.15, -0.1) is 0 Å². The summed E-state index contributed by atoms with van der Waals surface area (Å²) in [5.41, 5.74) is 0.638. The predicted molar refractivity (Wildman–Crippen MR) is 63.8 cm³/mol. The van der Waals surface area contributed by atoms with Gasteiger partial charge in [0.2, 0.25) is 0 Å². The van der Waals surface area contributed by atoms with Crippen molar-refractivity contribution >= 4 is 0 Å². The third-order valence-electron chi connectivity index (χ3n) is 2.45. The van der Waals surface area contributed by atoms with E-state index in [1.807, 2.05) is 0 Å². The molecule has 0 saturated carbocycles. The van der Waals surface area contributed by atoms with Crippen LogP contribution in [0.4, 0.5) is 8.78 Å². The number of methoxy groups -OCH3 is 1. The number of hydrogen-bond donors (Lipinski definition) is 1. The molecule has 0 fully saturated rings. The molecule has 96 valence electrons. The highest BCUT2D eigenvalue weighted by atomic mass is 19.1. The Balaban J connectivity index is 2.13. The lowest BCUT2D eigenvalue weighted by Crippen LogP contribution is -2.15. The normalized spacial score (nSPS) is 10.8. The molecule has 0 aliphatic carbocycles. The summed E-state index contributed by atoms with van der Waals surface area (Å²) in [7, 11) is 1.69. The molecule has 0 amide bonds. The van der Waals surface area contributed by atoms with Gasteiger partial charge in [-0.1, -0.05) is 0 Å². The number of halogens is 2. The van der Waals surface area contributed by atoms with Crippen LogP contribution in [0.2, 0.25) is 0 Å². The SMILES string of the molecule is COCCCCCNCc1cc(F)cc(F)c1. The second kappa shape index (κ2) is 8.14. The Hall–Kier alpha value is -1.00. The molecular formula is C13H19F2NO. The minimum Gasteiger partial charge on any atom is -0.385 e. The van der Waals surface area contributed by atoms with Crippen molar-refractivity contribution < 1.29 is 13.5 Å². The molecule has 2 nitrogen and oxygen atoms in total. The van der Waals surface area contributed by atoms with E-state index in [-0.39, 0.29) is 0 Å². The Morgan fingerprint density at radius 1 is 1.06 bits per heavy atom. The van der Waals surface area contributed by atoms with Crippen molar-refractivity contribution in [2.24, 2.45) is 0 Å². The van der Waals surface area contributed by atoms with Crippen LogP contribution in [0.25, 0.3) is 0 Å². The maximum Gasteiger partial charge on any atom is 0.126 e. The molecule has 4 heteroatoms. The molecule has 0 heterocycles. The largest absolute Gasteiger partial charge is 0.385 e. The van der Waals surface area contributed by atoms with E-state index in [0.29, 0.717) is 12.1 Å². The number of nitrogens with one attached hydrogen (secondary N) is 1. The zero-order valence-electron chi connectivity index (χ0n) is 10.1. The van der Waals surface area contributed by atoms with Crippen LogP contribution in [0, 0.1) is 11.6 Å². The van der Waals surface area contributed by atoms with E-state index in [9.17, 15) is 8.78 Å². The smallest absolute Gasteiger partial charge is 0.126 e. The Labute approximate surface area is 101 Å². The van der Waals surface area contributed by atoms with Crippen molar-refractivity contribution in [1.82, 2.24) is 5.32 Å². The van der Waals surface area contributed by atoms with Crippen molar-refractivity contribution in [1.29, 1.82) is 0 Å². The van der Waals surface area contributed by atoms with Gasteiger partial charge in [0, 0.05) is 26.3 Å². The van der Waals surface area contributed by atoms with Gasteiger partial charge in [0.05, 0.1) is 0 Å². The Bertz CT molecular complexity index is 311. The first kappa shape index (κ1) is 14.1. The highest BCUT2D eigenvalue weighted by molar-refractivity contribution is 5.17. The van der Waals surface area contributed by atoms with E-state index in [1.54, 1.807) is 7.11 Å². The summed E-state index contributed by atoms with van der Waals surface area (Å²) >= 11 is 0. The Morgan fingerprint density at radius 2 is 1.76 bits per heavy atom. The van der Waals surface area contributed by atoms with Crippen molar-refractivity contribution in [2.75, 3.05) is 20.3 Å². The van der Waals surface area contributed by atoms with Gasteiger partial charge >= 0.3 is 0 Å². The monoisotopic (exact) mass is 243 g/mol. The molecule has 0 unspecified atom stereocenters. The van der Waals surface area contributed by atoms with E-state index in [0.717, 1.165) is 38.5 Å². The van der Waals surface area contributed by atoms with Crippen LogP contribution >= 0.6 is 0 Å². The first-order valence-electron chi connectivity index (χ1n) is 5.87. The fourth-order valence-corrected chi connectivity index (χ4v) is 1.62. The zero-order valence-corrected chi connectivity index (χ0v) is 10.1. The van der Waals surface area contributed by atoms with Crippen LogP contribution in [0.15, 0.2) is 18.2 Å². The van der Waals surface area contributed by atoms with Gasteiger partial charge in [-0.3, -0.25) is 0 Å². The van der Waals surface area contributed by atoms with E-state index >= 15 is 0 Å². The van der Waals surface area contributed by atoms with Crippen LogP contribution in [-0.4, -0.2) is 20.3 Å². The number of benzene rings is 1. The Morgan fingerprint density at radius 3 is 2.41 bits per heavy atom. The average Bonchev–Trinajstić information content (AvgIpc) is 2.26. The first-order valence-corrected chi connectivity index (χ1v) is 5.87.